The number of anilines is 2. The fourth-order valence-electron chi connectivity index (χ4n) is 17.8. The van der Waals surface area contributed by atoms with Crippen molar-refractivity contribution in [2.75, 3.05) is 4.81 Å². The lowest BCUT2D eigenvalue weighted by molar-refractivity contribution is 0.331. The molecular weight excluding hydrogens is 964 g/mol. The number of fused-ring (bicyclic) bond motifs is 21. The van der Waals surface area contributed by atoms with E-state index < -0.39 is 0 Å². The molecule has 0 unspecified atom stereocenters. The van der Waals surface area contributed by atoms with Crippen LogP contribution in [0.25, 0.3) is 72.0 Å². The summed E-state index contributed by atoms with van der Waals surface area (Å²) in [4.78, 5) is 2.85. The number of benzene rings is 8. The van der Waals surface area contributed by atoms with Gasteiger partial charge in [0.1, 0.15) is 0 Å². The Morgan fingerprint density at radius 3 is 1.54 bits per heavy atom. The Kier molecular flexibility index (Phi) is 9.06. The highest BCUT2D eigenvalue weighted by molar-refractivity contribution is 6.94. The topological polar surface area (TPSA) is 8.17 Å². The van der Waals surface area contributed by atoms with Crippen molar-refractivity contribution in [1.29, 1.82) is 0 Å². The van der Waals surface area contributed by atoms with Crippen molar-refractivity contribution in [1.82, 2.24) is 4.57 Å². The number of hydrogen-bond acceptors (Lipinski definition) is 1. The van der Waals surface area contributed by atoms with Crippen LogP contribution >= 0.6 is 0 Å². The number of aromatic nitrogens is 1. The summed E-state index contributed by atoms with van der Waals surface area (Å²) in [5, 5.41) is 2.83. The largest absolute Gasteiger partial charge is 0.376 e. The summed E-state index contributed by atoms with van der Waals surface area (Å²) in [5.74, 6) is 0. The van der Waals surface area contributed by atoms with Gasteiger partial charge in [-0.1, -0.05) is 190 Å². The molecule has 2 aliphatic heterocycles. The number of rotatable bonds is 1. The second-order valence-corrected chi connectivity index (χ2v) is 31.4. The van der Waals surface area contributed by atoms with Crippen molar-refractivity contribution in [3.05, 3.63) is 183 Å². The average Bonchev–Trinajstić information content (AvgIpc) is 3.85. The van der Waals surface area contributed by atoms with E-state index in [9.17, 15) is 0 Å². The van der Waals surface area contributed by atoms with Crippen molar-refractivity contribution in [3.63, 3.8) is 0 Å². The highest BCUT2D eigenvalue weighted by Crippen LogP contribution is 2.63. The lowest BCUT2D eigenvalue weighted by atomic mass is 9.43. The molecule has 80 heavy (non-hydrogen) atoms. The third-order valence-electron chi connectivity index (χ3n) is 22.8. The Balaban J connectivity index is 1.12. The molecule has 8 aromatic carbocycles. The van der Waals surface area contributed by atoms with Crippen LogP contribution in [0.2, 0.25) is 0 Å². The van der Waals surface area contributed by atoms with Gasteiger partial charge in [-0.2, -0.15) is 0 Å². The minimum Gasteiger partial charge on any atom is -0.376 e. The van der Waals surface area contributed by atoms with Crippen molar-refractivity contribution in [2.45, 2.75) is 187 Å². The van der Waals surface area contributed by atoms with Gasteiger partial charge in [-0.25, -0.2) is 0 Å². The molecule has 9 aromatic rings. The van der Waals surface area contributed by atoms with Crippen LogP contribution in [0.15, 0.2) is 121 Å². The van der Waals surface area contributed by atoms with Gasteiger partial charge in [-0.05, 0) is 212 Å². The lowest BCUT2D eigenvalue weighted by Crippen LogP contribution is -2.61. The van der Waals surface area contributed by atoms with Gasteiger partial charge in [0, 0.05) is 49.6 Å². The molecule has 2 nitrogen and oxygen atoms in total. The summed E-state index contributed by atoms with van der Waals surface area (Å²) in [6.45, 7) is 42.1. The van der Waals surface area contributed by atoms with Gasteiger partial charge in [-0.3, -0.25) is 0 Å². The van der Waals surface area contributed by atoms with Crippen LogP contribution in [0.4, 0.5) is 11.4 Å². The van der Waals surface area contributed by atoms with Gasteiger partial charge in [0.15, 0.2) is 0 Å². The van der Waals surface area contributed by atoms with Gasteiger partial charge in [0.2, 0.25) is 0 Å². The molecule has 3 heterocycles. The van der Waals surface area contributed by atoms with Gasteiger partial charge in [0.05, 0.1) is 11.0 Å². The van der Waals surface area contributed by atoms with E-state index in [4.69, 9.17) is 0 Å². The van der Waals surface area contributed by atoms with E-state index in [0.29, 0.717) is 0 Å². The molecule has 0 amide bonds. The van der Waals surface area contributed by atoms with Gasteiger partial charge in [0.25, 0.3) is 0 Å². The molecule has 0 bridgehead atoms. The number of nitrogens with zero attached hydrogens (tertiary/aromatic N) is 2. The van der Waals surface area contributed by atoms with E-state index in [1.165, 1.54) is 176 Å². The van der Waals surface area contributed by atoms with E-state index in [1.54, 1.807) is 5.56 Å². The van der Waals surface area contributed by atoms with E-state index in [1.807, 2.05) is 0 Å². The molecule has 0 fully saturated rings. The Morgan fingerprint density at radius 1 is 0.412 bits per heavy atom. The van der Waals surface area contributed by atoms with E-state index >= 15 is 0 Å². The minimum absolute atomic E-state index is 0.0116. The standard InChI is InChI=1S/C77H79BN2/c1-70(2,3)42-26-28-43(29-27-42)80-62-37-48-46-34-56-58(73(8,9)32-30-71(56,4)5)39-54(46)76(14,15)53(48)35-50(62)66-67-64(45-23-19-21-25-52(45)77(67,16)17)65-49-36-57-59(74(10,11)33-31-72(57,6)7)41-61(49)79-63-38-47-44-22-18-20-24-51(44)75(12,13)55(47)40-60(63)78(80)68(66)69(65)79/h18-29,34-41H,30-33H2,1-17H3. The zero-order valence-electron chi connectivity index (χ0n) is 50.8. The molecule has 0 spiro atoms. The van der Waals surface area contributed by atoms with Crippen LogP contribution in [-0.4, -0.2) is 11.4 Å². The molecule has 0 saturated heterocycles. The van der Waals surface area contributed by atoms with Crippen LogP contribution in [0.3, 0.4) is 0 Å². The van der Waals surface area contributed by atoms with Crippen LogP contribution in [-0.2, 0) is 43.3 Å². The molecule has 5 aliphatic carbocycles. The normalized spacial score (nSPS) is 20.3. The first-order valence-corrected chi connectivity index (χ1v) is 30.5. The smallest absolute Gasteiger partial charge is 0.333 e. The average molecular weight is 1040 g/mol. The van der Waals surface area contributed by atoms with Gasteiger partial charge < -0.3 is 9.38 Å². The minimum atomic E-state index is -0.288. The maximum Gasteiger partial charge on any atom is 0.333 e. The van der Waals surface area contributed by atoms with Gasteiger partial charge in [-0.15, -0.1) is 0 Å². The Bertz CT molecular complexity index is 4360. The third-order valence-corrected chi connectivity index (χ3v) is 22.8. The SMILES string of the molecule is CC(C)(C)c1ccc(N2B3c4cc5c(cc4-n4c6cc7c(cc6c6c8c(c(c3c64)-c3cc4c(cc32)-c2cc3c(cc2C4(C)C)C(C)(C)CCC3(C)C)C(C)(C)c2ccccc2-8)C(C)(C)CCC7(C)C)-c2ccccc2C5(C)C)cc1. The predicted octanol–water partition coefficient (Wildman–Crippen LogP) is 18.9. The Morgan fingerprint density at radius 2 is 0.900 bits per heavy atom. The zero-order chi connectivity index (χ0) is 55.9. The first-order valence-electron chi connectivity index (χ1n) is 30.5. The van der Waals surface area contributed by atoms with Crippen LogP contribution in [0.1, 0.15) is 205 Å². The second kappa shape index (κ2) is 14.7. The third kappa shape index (κ3) is 5.88. The molecule has 16 rings (SSSR count). The Hall–Kier alpha value is -6.58. The molecule has 400 valence electrons. The molecule has 0 radical (unpaired) electrons. The van der Waals surface area contributed by atoms with Crippen LogP contribution in [0, 0.1) is 0 Å². The highest BCUT2D eigenvalue weighted by atomic mass is 15.1. The quantitative estimate of drug-likeness (QED) is 0.149. The van der Waals surface area contributed by atoms with Crippen molar-refractivity contribution in [3.8, 4) is 50.2 Å². The second-order valence-electron chi connectivity index (χ2n) is 31.4. The van der Waals surface area contributed by atoms with Crippen LogP contribution < -0.4 is 15.7 Å². The summed E-state index contributed by atoms with van der Waals surface area (Å²) in [6.07, 6.45) is 4.75. The molecule has 3 heteroatoms. The molecule has 0 atom stereocenters. The van der Waals surface area contributed by atoms with E-state index in [2.05, 4.69) is 248 Å². The zero-order valence-corrected chi connectivity index (χ0v) is 50.8. The fourth-order valence-corrected chi connectivity index (χ4v) is 17.8. The first kappa shape index (κ1) is 49.3. The van der Waals surface area contributed by atoms with Crippen LogP contribution in [0.5, 0.6) is 0 Å². The van der Waals surface area contributed by atoms with Crippen molar-refractivity contribution in [2.24, 2.45) is 0 Å². The molecule has 1 aromatic heterocycles. The summed E-state index contributed by atoms with van der Waals surface area (Å²) in [5.41, 5.74) is 36.5. The Labute approximate surface area is 477 Å². The lowest BCUT2D eigenvalue weighted by Gasteiger charge is -2.44. The summed E-state index contributed by atoms with van der Waals surface area (Å²) < 4.78 is 2.82. The number of hydrogen-bond donors (Lipinski definition) is 0. The molecule has 7 aliphatic rings. The first-order chi connectivity index (χ1) is 37.6. The summed E-state index contributed by atoms with van der Waals surface area (Å²) in [7, 11) is 0. The fraction of sp³-hybridized carbons (Fsp3) is 0.377. The van der Waals surface area contributed by atoms with E-state index in [0.717, 1.165) is 0 Å². The maximum atomic E-state index is 2.85. The summed E-state index contributed by atoms with van der Waals surface area (Å²) >= 11 is 0. The van der Waals surface area contributed by atoms with Gasteiger partial charge >= 0.3 is 6.85 Å². The monoisotopic (exact) mass is 1040 g/mol. The maximum absolute atomic E-state index is 2.85. The van der Waals surface area contributed by atoms with Crippen molar-refractivity contribution >= 4 is 51.0 Å². The van der Waals surface area contributed by atoms with Crippen molar-refractivity contribution < 1.29 is 0 Å². The highest BCUT2D eigenvalue weighted by Gasteiger charge is 2.53. The predicted molar refractivity (Wildman–Crippen MR) is 342 cm³/mol. The molecular formula is C77H79BN2. The van der Waals surface area contributed by atoms with E-state index in [-0.39, 0.29) is 50.2 Å². The molecule has 0 N–H and O–H groups in total. The molecule has 0 saturated carbocycles. The summed E-state index contributed by atoms with van der Waals surface area (Å²) in [6, 6.07) is 50.2.